The summed E-state index contributed by atoms with van der Waals surface area (Å²) in [6.45, 7) is 0.694. The number of pyridine rings is 2. The Kier molecular flexibility index (Phi) is 13.0. The molecule has 260 valence electrons. The molecule has 0 saturated carbocycles. The lowest BCUT2D eigenvalue weighted by Gasteiger charge is -2.42. The third-order valence-electron chi connectivity index (χ3n) is 5.23. The van der Waals surface area contributed by atoms with E-state index in [0.29, 0.717) is 24.2 Å². The minimum absolute atomic E-state index is 0.214. The Morgan fingerprint density at radius 2 is 0.783 bits per heavy atom. The maximum atomic E-state index is 13.0. The molecule has 0 aliphatic rings. The van der Waals surface area contributed by atoms with E-state index >= 15 is 0 Å². The summed E-state index contributed by atoms with van der Waals surface area (Å²) < 4.78 is 192. The van der Waals surface area contributed by atoms with Crippen LogP contribution in [-0.4, -0.2) is 78.3 Å². The molecule has 0 saturated heterocycles. The summed E-state index contributed by atoms with van der Waals surface area (Å²) in [6.07, 6.45) is 6.18. The minimum Gasteiger partial charge on any atom is -0.350 e. The fourth-order valence-electron chi connectivity index (χ4n) is 2.70. The number of hydrogen-bond acceptors (Lipinski definition) is 4. The molecule has 0 radical (unpaired) electrons. The molecule has 24 heteroatoms. The summed E-state index contributed by atoms with van der Waals surface area (Å²) in [5, 5.41) is 5.39. The summed E-state index contributed by atoms with van der Waals surface area (Å²) in [5.74, 6) is -48.2. The summed E-state index contributed by atoms with van der Waals surface area (Å²) in [7, 11) is 0. The van der Waals surface area contributed by atoms with Gasteiger partial charge >= 0.3 is 43.4 Å². The van der Waals surface area contributed by atoms with Crippen LogP contribution in [0.1, 0.15) is 20.7 Å². The maximum Gasteiger partial charge on any atom is 0.387 e. The molecule has 0 fully saturated rings. The summed E-state index contributed by atoms with van der Waals surface area (Å²) in [4.78, 5) is 31.1. The fraction of sp³-hybridized carbons (Fsp3) is 0.455. The Morgan fingerprint density at radius 1 is 0.522 bits per heavy atom. The zero-order chi connectivity index (χ0) is 36.2. The highest BCUT2D eigenvalue weighted by molar-refractivity contribution is 14.1. The van der Waals surface area contributed by atoms with E-state index in [2.05, 4.69) is 20.6 Å². The Bertz CT molecular complexity index is 1220. The van der Waals surface area contributed by atoms with Crippen LogP contribution in [0.5, 0.6) is 0 Å². The van der Waals surface area contributed by atoms with Gasteiger partial charge in [0.05, 0.1) is 11.1 Å². The number of carbonyl (C=O) groups is 2. The van der Waals surface area contributed by atoms with Crippen molar-refractivity contribution in [2.24, 2.45) is 0 Å². The predicted octanol–water partition coefficient (Wildman–Crippen LogP) is 7.49. The van der Waals surface area contributed by atoms with Gasteiger partial charge in [-0.1, -0.05) is 0 Å². The lowest BCUT2D eigenvalue weighted by molar-refractivity contribution is -0.441. The van der Waals surface area contributed by atoms with E-state index in [1.165, 1.54) is 12.4 Å². The van der Waals surface area contributed by atoms with Gasteiger partial charge in [-0.15, -0.1) is 0 Å². The van der Waals surface area contributed by atoms with Gasteiger partial charge in [-0.25, -0.2) is 0 Å². The van der Waals surface area contributed by atoms with Crippen molar-refractivity contribution in [1.29, 1.82) is 0 Å². The number of nitrogens with one attached hydrogen (secondary N) is 2. The van der Waals surface area contributed by atoms with Crippen LogP contribution in [0.25, 0.3) is 0 Å². The van der Waals surface area contributed by atoms with Crippen molar-refractivity contribution in [3.05, 3.63) is 60.2 Å². The van der Waals surface area contributed by atoms with Crippen molar-refractivity contribution in [3.8, 4) is 0 Å². The summed E-state index contributed by atoms with van der Waals surface area (Å²) >= 11 is -1.87. The fourth-order valence-corrected chi connectivity index (χ4v) is 3.37. The number of nitrogens with zero attached hydrogens (tertiary/aromatic N) is 2. The molecule has 0 aliphatic carbocycles. The smallest absolute Gasteiger partial charge is 0.350 e. The summed E-state index contributed by atoms with van der Waals surface area (Å²) in [6, 6.07) is 6.74. The molecule has 2 rings (SSSR count). The van der Waals surface area contributed by atoms with Crippen molar-refractivity contribution in [1.82, 2.24) is 20.6 Å². The maximum absolute atomic E-state index is 13.0. The second kappa shape index (κ2) is 14.4. The zero-order valence-electron chi connectivity index (χ0n) is 21.5. The van der Waals surface area contributed by atoms with Crippen LogP contribution in [0, 0.1) is 0 Å². The van der Waals surface area contributed by atoms with Crippen LogP contribution in [-0.2, 0) is 0 Å². The number of alkyl halides is 18. The quantitative estimate of drug-likeness (QED) is 0.100. The molecule has 46 heavy (non-hydrogen) atoms. The highest BCUT2D eigenvalue weighted by atomic mass is 127. The van der Waals surface area contributed by atoms with Crippen LogP contribution in [0.4, 0.5) is 70.2 Å². The number of hydrogen-bond donors (Lipinski definition) is 2. The van der Waals surface area contributed by atoms with Crippen molar-refractivity contribution in [2.45, 2.75) is 43.4 Å². The van der Waals surface area contributed by atoms with Gasteiger partial charge in [0.2, 0.25) is 0 Å². The molecule has 0 aliphatic heterocycles. The molecular formula is C22H14F16I2N4O2. The van der Waals surface area contributed by atoms with Crippen molar-refractivity contribution < 1.29 is 79.8 Å². The molecule has 6 nitrogen and oxygen atoms in total. The lowest BCUT2D eigenvalue weighted by Crippen LogP contribution is -2.73. The van der Waals surface area contributed by atoms with E-state index in [4.69, 9.17) is 0 Å². The Labute approximate surface area is 273 Å². The topological polar surface area (TPSA) is 84.0 Å². The Hall–Kier alpha value is -2.42. The van der Waals surface area contributed by atoms with Gasteiger partial charge in [0.15, 0.2) is 0 Å². The Morgan fingerprint density at radius 3 is 1.00 bits per heavy atom. The highest BCUT2D eigenvalue weighted by Crippen LogP contribution is 2.64. The van der Waals surface area contributed by atoms with E-state index < -0.39 is 88.6 Å². The van der Waals surface area contributed by atoms with E-state index in [0.717, 1.165) is 0 Å². The molecule has 2 N–H and O–H groups in total. The van der Waals surface area contributed by atoms with Crippen LogP contribution in [0.3, 0.4) is 0 Å². The van der Waals surface area contributed by atoms with Crippen molar-refractivity contribution >= 4 is 57.0 Å². The largest absolute Gasteiger partial charge is 0.387 e. The summed E-state index contributed by atoms with van der Waals surface area (Å²) in [5.41, 5.74) is 0.983. The normalized spacial score (nSPS) is 13.8. The molecule has 0 spiro atoms. The average molecular weight is 924 g/mol. The molecule has 0 unspecified atom stereocenters. The Balaban J connectivity index is 0.000000473. The van der Waals surface area contributed by atoms with Gasteiger partial charge in [0.25, 0.3) is 11.8 Å². The van der Waals surface area contributed by atoms with Crippen LogP contribution in [0.2, 0.25) is 0 Å². The first-order chi connectivity index (χ1) is 20.5. The van der Waals surface area contributed by atoms with Crippen molar-refractivity contribution in [3.63, 3.8) is 0 Å². The standard InChI is InChI=1S/C14H14N4O2.C8F16I2/c19-13(11-3-1-5-15-9-11)17-7-8-18-14(20)12-4-2-6-16-10-12;9-1(10,3(13,14)5(17,18)7(21,22)25)2(11,12)4(15,16)6(19,20)8(23,24)26/h1-6,9-10H,7-8H2,(H,17,19)(H,18,20);. The van der Waals surface area contributed by atoms with Gasteiger partial charge in [0.1, 0.15) is 0 Å². The van der Waals surface area contributed by atoms with Gasteiger partial charge in [0, 0.05) is 83.1 Å². The molecule has 2 aromatic heterocycles. The highest BCUT2D eigenvalue weighted by Gasteiger charge is 2.94. The number of rotatable bonds is 12. The van der Waals surface area contributed by atoms with Crippen molar-refractivity contribution in [2.75, 3.05) is 13.1 Å². The number of aromatic nitrogens is 2. The zero-order valence-corrected chi connectivity index (χ0v) is 25.9. The van der Waals surface area contributed by atoms with Gasteiger partial charge in [-0.2, -0.15) is 70.2 Å². The van der Waals surface area contributed by atoms with E-state index in [1.54, 1.807) is 36.7 Å². The SMILES string of the molecule is FC(F)(I)C(F)(F)C(F)(F)C(F)(F)C(F)(F)C(F)(F)C(F)(F)C(F)(F)I.O=C(NCCNC(=O)c1cccnc1)c1cccnc1. The molecule has 2 amide bonds. The van der Waals surface area contributed by atoms with E-state index in [9.17, 15) is 79.8 Å². The monoisotopic (exact) mass is 924 g/mol. The molecule has 0 aromatic carbocycles. The van der Waals surface area contributed by atoms with E-state index in [-0.39, 0.29) is 11.8 Å². The number of carbonyl (C=O) groups excluding carboxylic acids is 2. The molecule has 2 aromatic rings. The third-order valence-corrected chi connectivity index (χ3v) is 6.58. The molecule has 0 atom stereocenters. The third kappa shape index (κ3) is 8.16. The van der Waals surface area contributed by atoms with Crippen LogP contribution < -0.4 is 10.6 Å². The van der Waals surface area contributed by atoms with Gasteiger partial charge in [-0.05, 0) is 24.3 Å². The second-order valence-electron chi connectivity index (χ2n) is 8.44. The lowest BCUT2D eigenvalue weighted by atomic mass is 9.91. The van der Waals surface area contributed by atoms with E-state index in [1.807, 2.05) is 0 Å². The first-order valence-electron chi connectivity index (χ1n) is 11.3. The van der Waals surface area contributed by atoms with Crippen LogP contribution in [0.15, 0.2) is 49.1 Å². The molecule has 0 bridgehead atoms. The average Bonchev–Trinajstić information content (AvgIpc) is 2.94. The first-order valence-corrected chi connectivity index (χ1v) is 13.4. The number of amides is 2. The second-order valence-corrected chi connectivity index (χ2v) is 11.1. The van der Waals surface area contributed by atoms with Gasteiger partial charge in [-0.3, -0.25) is 19.6 Å². The first kappa shape index (κ1) is 41.6. The number of halogens is 18. The molecular weight excluding hydrogens is 910 g/mol. The van der Waals surface area contributed by atoms with Gasteiger partial charge < -0.3 is 10.6 Å². The van der Waals surface area contributed by atoms with Crippen LogP contribution >= 0.6 is 45.2 Å². The minimum atomic E-state index is -8.33. The predicted molar refractivity (Wildman–Crippen MR) is 141 cm³/mol. The molecule has 2 heterocycles.